The molecule has 29 heavy (non-hydrogen) atoms. The van der Waals surface area contributed by atoms with Crippen molar-refractivity contribution in [2.24, 2.45) is 46.3 Å². The number of rotatable bonds is 5. The highest BCUT2D eigenvalue weighted by Crippen LogP contribution is 2.71. The summed E-state index contributed by atoms with van der Waals surface area (Å²) in [6.45, 7) is 12.5. The first-order valence-corrected chi connectivity index (χ1v) is 13.8. The Bertz CT molecular complexity index is 587. The van der Waals surface area contributed by atoms with E-state index in [1.54, 1.807) is 0 Å². The van der Waals surface area contributed by atoms with Gasteiger partial charge in [-0.05, 0) is 91.3 Å². The molecule has 0 saturated heterocycles. The fourth-order valence-corrected chi connectivity index (χ4v) is 10.3. The van der Waals surface area contributed by atoms with Crippen LogP contribution in [0.25, 0.3) is 0 Å². The van der Waals surface area contributed by atoms with Gasteiger partial charge in [-0.1, -0.05) is 66.7 Å². The summed E-state index contributed by atoms with van der Waals surface area (Å²) in [7, 11) is 0. The fourth-order valence-electron chi connectivity index (χ4n) is 9.23. The molecule has 0 amide bonds. The van der Waals surface area contributed by atoms with Gasteiger partial charge in [0.1, 0.15) is 0 Å². The van der Waals surface area contributed by atoms with Crippen LogP contribution in [0.1, 0.15) is 112 Å². The van der Waals surface area contributed by atoms with Gasteiger partial charge in [-0.2, -0.15) is 0 Å². The molecule has 4 rings (SSSR count). The first kappa shape index (κ1) is 22.8. The van der Waals surface area contributed by atoms with Crippen LogP contribution >= 0.6 is 23.2 Å². The van der Waals surface area contributed by atoms with Gasteiger partial charge in [0, 0.05) is 0 Å². The molecule has 168 valence electrons. The van der Waals surface area contributed by atoms with Gasteiger partial charge < -0.3 is 0 Å². The standard InChI is InChI=1S/C27H46Cl2/c1-18(2)9-8-10-19(3)21-11-12-22-20-17-24(28)27(29)15-7-6-14-26(27,5)23(20)13-16-25(21,22)4/h18-24H,6-17H2,1-5H3/t19-,20+,21-,22+,23+,24+,25-,26-,27+/m1/s1. The lowest BCUT2D eigenvalue weighted by molar-refractivity contribution is -0.103. The zero-order valence-electron chi connectivity index (χ0n) is 19.8. The maximum absolute atomic E-state index is 7.40. The SMILES string of the molecule is CC(C)CCC[C@@H](C)[C@H]1CC[C@H]2[C@@H]3C[C@H](Cl)[C@@]4(Cl)CCCC[C@]4(C)[C@H]3CC[C@]12C. The molecule has 0 unspecified atom stereocenters. The first-order valence-electron chi connectivity index (χ1n) is 13.0. The van der Waals surface area contributed by atoms with Crippen molar-refractivity contribution in [2.45, 2.75) is 122 Å². The van der Waals surface area contributed by atoms with Crippen molar-refractivity contribution in [3.63, 3.8) is 0 Å². The van der Waals surface area contributed by atoms with Crippen molar-refractivity contribution >= 4 is 23.2 Å². The van der Waals surface area contributed by atoms with Crippen molar-refractivity contribution < 1.29 is 0 Å². The summed E-state index contributed by atoms with van der Waals surface area (Å²) >= 11 is 14.5. The van der Waals surface area contributed by atoms with E-state index in [4.69, 9.17) is 23.2 Å². The average molecular weight is 442 g/mol. The quantitative estimate of drug-likeness (QED) is 0.373. The van der Waals surface area contributed by atoms with Crippen molar-refractivity contribution in [3.05, 3.63) is 0 Å². The molecule has 2 heteroatoms. The lowest BCUT2D eigenvalue weighted by Crippen LogP contribution is -2.63. The molecule has 0 bridgehead atoms. The molecule has 4 saturated carbocycles. The predicted molar refractivity (Wildman–Crippen MR) is 128 cm³/mol. The summed E-state index contributed by atoms with van der Waals surface area (Å²) in [6.07, 6.45) is 16.2. The van der Waals surface area contributed by atoms with Gasteiger partial charge in [0.2, 0.25) is 0 Å². The van der Waals surface area contributed by atoms with E-state index < -0.39 is 0 Å². The predicted octanol–water partition coefficient (Wildman–Crippen LogP) is 9.08. The largest absolute Gasteiger partial charge is 0.121 e. The van der Waals surface area contributed by atoms with Gasteiger partial charge in [-0.15, -0.1) is 23.2 Å². The van der Waals surface area contributed by atoms with Gasteiger partial charge in [-0.25, -0.2) is 0 Å². The molecular formula is C27H46Cl2. The van der Waals surface area contributed by atoms with Gasteiger partial charge in [0.15, 0.2) is 0 Å². The van der Waals surface area contributed by atoms with E-state index >= 15 is 0 Å². The molecular weight excluding hydrogens is 395 g/mol. The summed E-state index contributed by atoms with van der Waals surface area (Å²) in [5.41, 5.74) is 0.802. The molecule has 4 fully saturated rings. The molecule has 4 aliphatic rings. The van der Waals surface area contributed by atoms with Crippen molar-refractivity contribution in [1.29, 1.82) is 0 Å². The minimum Gasteiger partial charge on any atom is -0.121 e. The third kappa shape index (κ3) is 3.53. The normalized spacial score (nSPS) is 50.7. The van der Waals surface area contributed by atoms with Crippen molar-refractivity contribution in [2.75, 3.05) is 0 Å². The summed E-state index contributed by atoms with van der Waals surface area (Å²) in [5.74, 6) is 5.17. The summed E-state index contributed by atoms with van der Waals surface area (Å²) in [5, 5.41) is 0.167. The summed E-state index contributed by atoms with van der Waals surface area (Å²) in [4.78, 5) is -0.149. The Hall–Kier alpha value is 0.580. The Kier molecular flexibility index (Phi) is 6.41. The first-order chi connectivity index (χ1) is 13.6. The van der Waals surface area contributed by atoms with E-state index in [1.165, 1.54) is 70.6 Å². The van der Waals surface area contributed by atoms with Gasteiger partial charge in [0.25, 0.3) is 0 Å². The van der Waals surface area contributed by atoms with Crippen LogP contribution in [0.15, 0.2) is 0 Å². The third-order valence-electron chi connectivity index (χ3n) is 10.9. The second kappa shape index (κ2) is 8.17. The lowest BCUT2D eigenvalue weighted by Gasteiger charge is -2.65. The van der Waals surface area contributed by atoms with Crippen LogP contribution in [0.4, 0.5) is 0 Å². The highest BCUT2D eigenvalue weighted by atomic mass is 35.5. The van der Waals surface area contributed by atoms with Crippen LogP contribution in [-0.2, 0) is 0 Å². The third-order valence-corrected chi connectivity index (χ3v) is 12.4. The van der Waals surface area contributed by atoms with Crippen LogP contribution in [0, 0.1) is 46.3 Å². The second-order valence-corrected chi connectivity index (χ2v) is 13.8. The van der Waals surface area contributed by atoms with Crippen LogP contribution in [0.3, 0.4) is 0 Å². The number of halogens is 2. The Morgan fingerprint density at radius 3 is 2.34 bits per heavy atom. The molecule has 4 aliphatic carbocycles. The van der Waals surface area contributed by atoms with E-state index in [2.05, 4.69) is 34.6 Å². The van der Waals surface area contributed by atoms with Crippen LogP contribution < -0.4 is 0 Å². The molecule has 0 aliphatic heterocycles. The number of alkyl halides is 2. The van der Waals surface area contributed by atoms with Crippen LogP contribution in [-0.4, -0.2) is 10.3 Å². The molecule has 0 nitrogen and oxygen atoms in total. The van der Waals surface area contributed by atoms with Gasteiger partial charge >= 0.3 is 0 Å². The van der Waals surface area contributed by atoms with E-state index in [-0.39, 0.29) is 15.7 Å². The number of hydrogen-bond acceptors (Lipinski definition) is 0. The second-order valence-electron chi connectivity index (χ2n) is 12.6. The molecule has 0 N–H and O–H groups in total. The molecule has 0 spiro atoms. The maximum atomic E-state index is 7.40. The zero-order valence-corrected chi connectivity index (χ0v) is 21.3. The van der Waals surface area contributed by atoms with E-state index in [0.717, 1.165) is 41.9 Å². The summed E-state index contributed by atoms with van der Waals surface area (Å²) < 4.78 is 0. The molecule has 0 aromatic carbocycles. The molecule has 0 heterocycles. The molecule has 9 atom stereocenters. The van der Waals surface area contributed by atoms with Crippen molar-refractivity contribution in [1.82, 2.24) is 0 Å². The highest BCUT2D eigenvalue weighted by Gasteiger charge is 2.66. The number of hydrogen-bond donors (Lipinski definition) is 0. The summed E-state index contributed by atoms with van der Waals surface area (Å²) in [6, 6.07) is 0. The smallest absolute Gasteiger partial charge is 0.0666 e. The monoisotopic (exact) mass is 440 g/mol. The molecule has 0 radical (unpaired) electrons. The van der Waals surface area contributed by atoms with E-state index in [1.807, 2.05) is 0 Å². The van der Waals surface area contributed by atoms with Crippen LogP contribution in [0.2, 0.25) is 0 Å². The fraction of sp³-hybridized carbons (Fsp3) is 1.00. The Morgan fingerprint density at radius 2 is 1.62 bits per heavy atom. The van der Waals surface area contributed by atoms with Crippen molar-refractivity contribution in [3.8, 4) is 0 Å². The Balaban J connectivity index is 1.53. The zero-order chi connectivity index (χ0) is 21.0. The number of fused-ring (bicyclic) bond motifs is 5. The molecule has 0 aromatic heterocycles. The topological polar surface area (TPSA) is 0 Å². The highest BCUT2D eigenvalue weighted by molar-refractivity contribution is 6.33. The van der Waals surface area contributed by atoms with Crippen LogP contribution in [0.5, 0.6) is 0 Å². The minimum atomic E-state index is -0.149. The maximum Gasteiger partial charge on any atom is 0.0666 e. The Labute approximate surface area is 191 Å². The van der Waals surface area contributed by atoms with E-state index in [9.17, 15) is 0 Å². The minimum absolute atomic E-state index is 0.149. The van der Waals surface area contributed by atoms with Gasteiger partial charge in [0.05, 0.1) is 10.3 Å². The van der Waals surface area contributed by atoms with E-state index in [0.29, 0.717) is 5.41 Å². The van der Waals surface area contributed by atoms with Gasteiger partial charge in [-0.3, -0.25) is 0 Å². The lowest BCUT2D eigenvalue weighted by atomic mass is 9.44. The molecule has 0 aromatic rings. The average Bonchev–Trinajstić information content (AvgIpc) is 3.01. The Morgan fingerprint density at radius 1 is 0.897 bits per heavy atom.